The third-order valence-electron chi connectivity index (χ3n) is 5.55. The summed E-state index contributed by atoms with van der Waals surface area (Å²) in [4.78, 5) is 6.57. The Balaban J connectivity index is 0.00000544. The van der Waals surface area contributed by atoms with Crippen LogP contribution in [0.3, 0.4) is 0 Å². The molecule has 0 aliphatic heterocycles. The van der Waals surface area contributed by atoms with Gasteiger partial charge >= 0.3 is 0 Å². The van der Waals surface area contributed by atoms with E-state index in [0.29, 0.717) is 13.2 Å². The van der Waals surface area contributed by atoms with Crippen LogP contribution in [-0.2, 0) is 24.8 Å². The molecule has 8 nitrogen and oxygen atoms in total. The zero-order valence-electron chi connectivity index (χ0n) is 21.1. The van der Waals surface area contributed by atoms with Crippen LogP contribution in [0.5, 0.6) is 5.75 Å². The van der Waals surface area contributed by atoms with Crippen molar-refractivity contribution in [3.8, 4) is 5.75 Å². The molecule has 0 radical (unpaired) electrons. The molecule has 0 amide bonds. The van der Waals surface area contributed by atoms with Gasteiger partial charge in [0.25, 0.3) is 0 Å². The fourth-order valence-electron chi connectivity index (χ4n) is 3.51. The number of halogens is 1. The van der Waals surface area contributed by atoms with Gasteiger partial charge in [0.15, 0.2) is 5.96 Å². The molecule has 186 valence electrons. The fourth-order valence-corrected chi connectivity index (χ4v) is 3.51. The summed E-state index contributed by atoms with van der Waals surface area (Å²) in [5.41, 5.74) is 4.73. The number of aryl methyl sites for hydroxylation is 2. The van der Waals surface area contributed by atoms with E-state index in [-0.39, 0.29) is 30.0 Å². The summed E-state index contributed by atoms with van der Waals surface area (Å²) in [7, 11) is 7.57. The standard InChI is InChI=1S/C24H40N6O2.HI/c1-18(15-23-19(2)28-30(6)20(23)3)27-24(25-4)26-17-21-9-8-10-22(16-21)32-14-12-29(5)11-13-31-7;/h8-10,16,18H,11-15,17H2,1-7H3,(H2,25,26,27);1H. The maximum atomic E-state index is 5.92. The molecule has 1 atom stereocenters. The molecule has 0 fully saturated rings. The van der Waals surface area contributed by atoms with Crippen LogP contribution in [0.25, 0.3) is 0 Å². The van der Waals surface area contributed by atoms with Gasteiger partial charge in [-0.3, -0.25) is 9.67 Å². The van der Waals surface area contributed by atoms with Gasteiger partial charge < -0.3 is 25.0 Å². The Bertz CT molecular complexity index is 871. The predicted octanol–water partition coefficient (Wildman–Crippen LogP) is 2.91. The second-order valence-corrected chi connectivity index (χ2v) is 8.24. The Morgan fingerprint density at radius 2 is 1.97 bits per heavy atom. The number of benzene rings is 1. The number of nitrogens with one attached hydrogen (secondary N) is 2. The van der Waals surface area contributed by atoms with Crippen LogP contribution < -0.4 is 15.4 Å². The first kappa shape index (κ1) is 29.2. The molecule has 0 bridgehead atoms. The van der Waals surface area contributed by atoms with E-state index in [0.717, 1.165) is 49.1 Å². The van der Waals surface area contributed by atoms with Crippen LogP contribution in [-0.4, -0.2) is 74.2 Å². The lowest BCUT2D eigenvalue weighted by Crippen LogP contribution is -2.42. The SMILES string of the molecule is CN=C(NCc1cccc(OCCN(C)CCOC)c1)NC(C)Cc1c(C)nn(C)c1C.I. The van der Waals surface area contributed by atoms with Crippen molar-refractivity contribution in [1.29, 1.82) is 0 Å². The zero-order chi connectivity index (χ0) is 23.5. The van der Waals surface area contributed by atoms with Crippen molar-refractivity contribution < 1.29 is 9.47 Å². The van der Waals surface area contributed by atoms with Crippen LogP contribution in [0.1, 0.15) is 29.4 Å². The van der Waals surface area contributed by atoms with E-state index in [4.69, 9.17) is 9.47 Å². The number of hydrogen-bond acceptors (Lipinski definition) is 5. The maximum Gasteiger partial charge on any atom is 0.191 e. The van der Waals surface area contributed by atoms with Crippen molar-refractivity contribution >= 4 is 29.9 Å². The Kier molecular flexibility index (Phi) is 13.4. The quantitative estimate of drug-likeness (QED) is 0.232. The number of aliphatic imine (C=N–C) groups is 1. The molecule has 0 saturated carbocycles. The third kappa shape index (κ3) is 9.89. The number of hydrogen-bond donors (Lipinski definition) is 2. The second-order valence-electron chi connectivity index (χ2n) is 8.24. The molecule has 0 aliphatic carbocycles. The number of methoxy groups -OCH3 is 1. The van der Waals surface area contributed by atoms with Gasteiger partial charge in [0.1, 0.15) is 12.4 Å². The first-order valence-electron chi connectivity index (χ1n) is 11.2. The third-order valence-corrected chi connectivity index (χ3v) is 5.55. The number of rotatable bonds is 12. The van der Waals surface area contributed by atoms with Crippen LogP contribution in [0, 0.1) is 13.8 Å². The van der Waals surface area contributed by atoms with Gasteiger partial charge in [0.05, 0.1) is 12.3 Å². The minimum atomic E-state index is 0. The van der Waals surface area contributed by atoms with Crippen molar-refractivity contribution in [2.75, 3.05) is 47.5 Å². The Labute approximate surface area is 216 Å². The molecule has 0 aliphatic rings. The summed E-state index contributed by atoms with van der Waals surface area (Å²) in [5.74, 6) is 1.66. The minimum Gasteiger partial charge on any atom is -0.492 e. The summed E-state index contributed by atoms with van der Waals surface area (Å²) in [6, 6.07) is 8.40. The molecule has 0 saturated heterocycles. The minimum absolute atomic E-state index is 0. The lowest BCUT2D eigenvalue weighted by molar-refractivity contribution is 0.150. The summed E-state index contributed by atoms with van der Waals surface area (Å²) < 4.78 is 13.0. The van der Waals surface area contributed by atoms with E-state index in [1.807, 2.05) is 23.9 Å². The largest absolute Gasteiger partial charge is 0.492 e. The smallest absolute Gasteiger partial charge is 0.191 e. The molecule has 9 heteroatoms. The topological polar surface area (TPSA) is 75.9 Å². The molecule has 33 heavy (non-hydrogen) atoms. The van der Waals surface area contributed by atoms with Gasteiger partial charge in [-0.2, -0.15) is 5.10 Å². The highest BCUT2D eigenvalue weighted by Crippen LogP contribution is 2.15. The van der Waals surface area contributed by atoms with Gasteiger partial charge in [0.2, 0.25) is 0 Å². The van der Waals surface area contributed by atoms with Crippen molar-refractivity contribution in [3.63, 3.8) is 0 Å². The number of guanidine groups is 1. The molecule has 1 heterocycles. The highest BCUT2D eigenvalue weighted by molar-refractivity contribution is 14.0. The highest BCUT2D eigenvalue weighted by Gasteiger charge is 2.14. The first-order chi connectivity index (χ1) is 15.3. The van der Waals surface area contributed by atoms with E-state index in [1.165, 1.54) is 11.3 Å². The lowest BCUT2D eigenvalue weighted by atomic mass is 10.1. The molecule has 2 aromatic rings. The molecule has 1 unspecified atom stereocenters. The Hall–Kier alpha value is -1.85. The molecular weight excluding hydrogens is 531 g/mol. The van der Waals surface area contributed by atoms with Gasteiger partial charge in [0, 0.05) is 52.6 Å². The normalized spacial score (nSPS) is 12.4. The number of nitrogens with zero attached hydrogens (tertiary/aromatic N) is 4. The molecule has 2 rings (SSSR count). The summed E-state index contributed by atoms with van der Waals surface area (Å²) in [6.07, 6.45) is 0.897. The van der Waals surface area contributed by atoms with Crippen molar-refractivity contribution in [3.05, 3.63) is 46.8 Å². The second kappa shape index (κ2) is 15.1. The Morgan fingerprint density at radius 1 is 1.24 bits per heavy atom. The predicted molar refractivity (Wildman–Crippen MR) is 146 cm³/mol. The van der Waals surface area contributed by atoms with Gasteiger partial charge in [-0.15, -0.1) is 24.0 Å². The lowest BCUT2D eigenvalue weighted by Gasteiger charge is -2.19. The average molecular weight is 573 g/mol. The van der Waals surface area contributed by atoms with Crippen molar-refractivity contribution in [1.82, 2.24) is 25.3 Å². The van der Waals surface area contributed by atoms with E-state index in [1.54, 1.807) is 14.2 Å². The summed E-state index contributed by atoms with van der Waals surface area (Å²) >= 11 is 0. The fraction of sp³-hybridized carbons (Fsp3) is 0.583. The van der Waals surface area contributed by atoms with E-state index < -0.39 is 0 Å². The maximum absolute atomic E-state index is 5.92. The average Bonchev–Trinajstić information content (AvgIpc) is 3.01. The number of ether oxygens (including phenoxy) is 2. The molecule has 1 aromatic carbocycles. The highest BCUT2D eigenvalue weighted by atomic mass is 127. The van der Waals surface area contributed by atoms with E-state index >= 15 is 0 Å². The van der Waals surface area contributed by atoms with Crippen LogP contribution in [0.4, 0.5) is 0 Å². The monoisotopic (exact) mass is 572 g/mol. The van der Waals surface area contributed by atoms with Crippen molar-refractivity contribution in [2.24, 2.45) is 12.0 Å². The van der Waals surface area contributed by atoms with Crippen LogP contribution in [0.15, 0.2) is 29.3 Å². The molecule has 1 aromatic heterocycles. The van der Waals surface area contributed by atoms with Gasteiger partial charge in [-0.25, -0.2) is 0 Å². The number of likely N-dealkylation sites (N-methyl/N-ethyl adjacent to an activating group) is 1. The Morgan fingerprint density at radius 3 is 2.61 bits per heavy atom. The number of aromatic nitrogens is 2. The molecule has 2 N–H and O–H groups in total. The molecule has 0 spiro atoms. The van der Waals surface area contributed by atoms with Gasteiger partial charge in [-0.1, -0.05) is 12.1 Å². The summed E-state index contributed by atoms with van der Waals surface area (Å²) in [6.45, 7) is 10.1. The van der Waals surface area contributed by atoms with Crippen LogP contribution in [0.2, 0.25) is 0 Å². The van der Waals surface area contributed by atoms with Gasteiger partial charge in [-0.05, 0) is 57.5 Å². The van der Waals surface area contributed by atoms with Crippen molar-refractivity contribution in [2.45, 2.75) is 39.8 Å². The van der Waals surface area contributed by atoms with E-state index in [9.17, 15) is 0 Å². The first-order valence-corrected chi connectivity index (χ1v) is 11.2. The zero-order valence-corrected chi connectivity index (χ0v) is 23.5. The molecular formula is C24H41IN6O2. The van der Waals surface area contributed by atoms with E-state index in [2.05, 4.69) is 65.6 Å². The van der Waals surface area contributed by atoms with Crippen LogP contribution >= 0.6 is 24.0 Å². The summed E-state index contributed by atoms with van der Waals surface area (Å²) in [5, 5.41) is 11.4.